The summed E-state index contributed by atoms with van der Waals surface area (Å²) in [5, 5.41) is 23.0. The van der Waals surface area contributed by atoms with Gasteiger partial charge in [-0.3, -0.25) is 4.79 Å². The van der Waals surface area contributed by atoms with Crippen molar-refractivity contribution < 1.29 is 9.53 Å². The van der Waals surface area contributed by atoms with Gasteiger partial charge in [-0.25, -0.2) is 4.98 Å². The third kappa shape index (κ3) is 3.04. The summed E-state index contributed by atoms with van der Waals surface area (Å²) in [6.45, 7) is 0.422. The maximum atomic E-state index is 13.1. The summed E-state index contributed by atoms with van der Waals surface area (Å²) in [6, 6.07) is 5.80. The molecule has 2 atom stereocenters. The van der Waals surface area contributed by atoms with E-state index in [4.69, 9.17) is 9.72 Å². The molecule has 1 saturated carbocycles. The van der Waals surface area contributed by atoms with E-state index < -0.39 is 0 Å². The van der Waals surface area contributed by atoms with E-state index in [0.29, 0.717) is 29.5 Å². The van der Waals surface area contributed by atoms with E-state index in [-0.39, 0.29) is 18.1 Å². The topological polar surface area (TPSA) is 123 Å². The lowest BCUT2D eigenvalue weighted by molar-refractivity contribution is 0.0273. The van der Waals surface area contributed by atoms with Crippen LogP contribution in [0.5, 0.6) is 0 Å². The van der Waals surface area contributed by atoms with Gasteiger partial charge in [0.05, 0.1) is 30.6 Å². The Morgan fingerprint density at radius 3 is 3.00 bits per heavy atom. The lowest BCUT2D eigenvalue weighted by Gasteiger charge is -2.22. The fraction of sp³-hybridized carbons (Fsp3) is 0.381. The Hall–Kier alpha value is -3.73. The quantitative estimate of drug-likeness (QED) is 0.416. The second-order valence-corrected chi connectivity index (χ2v) is 8.26. The predicted octanol–water partition coefficient (Wildman–Crippen LogP) is 1.98. The molecule has 2 aliphatic rings. The number of hydrogen-bond acceptors (Lipinski definition) is 8. The first kappa shape index (κ1) is 19.0. The third-order valence-corrected chi connectivity index (χ3v) is 6.12. The highest BCUT2D eigenvalue weighted by Gasteiger charge is 2.31. The first-order valence-electron chi connectivity index (χ1n) is 10.7. The van der Waals surface area contributed by atoms with Crippen molar-refractivity contribution in [2.45, 2.75) is 38.0 Å². The second-order valence-electron chi connectivity index (χ2n) is 8.26. The number of carbonyl (C=O) groups excluding carboxylic acids is 1. The van der Waals surface area contributed by atoms with E-state index in [2.05, 4.69) is 31.2 Å². The first-order chi connectivity index (χ1) is 15.6. The van der Waals surface area contributed by atoms with Crippen LogP contribution in [0.2, 0.25) is 0 Å². The summed E-state index contributed by atoms with van der Waals surface area (Å²) >= 11 is 0. The maximum absolute atomic E-state index is 13.1. The minimum absolute atomic E-state index is 0.0471. The van der Waals surface area contributed by atoms with Crippen molar-refractivity contribution in [1.29, 1.82) is 0 Å². The number of rotatable bonds is 1. The van der Waals surface area contributed by atoms with Gasteiger partial charge in [0, 0.05) is 20.2 Å². The van der Waals surface area contributed by atoms with Gasteiger partial charge in [0.25, 0.3) is 5.91 Å². The molecule has 0 spiro atoms. The van der Waals surface area contributed by atoms with E-state index in [0.717, 1.165) is 41.5 Å². The molecule has 1 aromatic carbocycles. The number of fused-ring (bicyclic) bond motifs is 6. The van der Waals surface area contributed by atoms with Crippen LogP contribution in [0.1, 0.15) is 35.2 Å². The Balaban J connectivity index is 1.56. The second kappa shape index (κ2) is 7.16. The summed E-state index contributed by atoms with van der Waals surface area (Å²) < 4.78 is 7.88. The van der Waals surface area contributed by atoms with Crippen LogP contribution < -0.4 is 16.0 Å². The average Bonchev–Trinajstić information content (AvgIpc) is 3.49. The van der Waals surface area contributed by atoms with E-state index in [1.54, 1.807) is 29.6 Å². The highest BCUT2D eigenvalue weighted by atomic mass is 16.5. The smallest absolute Gasteiger partial charge is 0.257 e. The van der Waals surface area contributed by atoms with Crippen molar-refractivity contribution in [2.75, 3.05) is 17.7 Å². The number of amides is 1. The van der Waals surface area contributed by atoms with Crippen LogP contribution in [-0.2, 0) is 18.4 Å². The Morgan fingerprint density at radius 2 is 2.12 bits per heavy atom. The number of carbonyl (C=O) groups is 1. The van der Waals surface area contributed by atoms with E-state index >= 15 is 0 Å². The standard InChI is InChI=1S/C21H23N9O2/c1-22-18-8-17-24-14-6-11(7-15-19(14)28-29(2)27-15)10-32-16-5-3-4-13(16)25-21(31)12-9-23-30(18)20(12)26-17/h6-9,13,16,22H,3-5,10H2,1-2H3,(H,24,26)(H,25,31)/t13-,16-/m1/s1. The van der Waals surface area contributed by atoms with E-state index in [1.165, 1.54) is 0 Å². The third-order valence-electron chi connectivity index (χ3n) is 6.12. The number of nitrogens with zero attached hydrogens (tertiary/aromatic N) is 6. The molecule has 11 nitrogen and oxygen atoms in total. The molecular formula is C21H23N9O2. The monoisotopic (exact) mass is 433 g/mol. The van der Waals surface area contributed by atoms with Gasteiger partial charge in [-0.05, 0) is 37.0 Å². The van der Waals surface area contributed by atoms with Crippen LogP contribution in [-0.4, -0.2) is 54.7 Å². The molecule has 4 bridgehead atoms. The largest absolute Gasteiger partial charge is 0.373 e. The molecule has 1 amide bonds. The van der Waals surface area contributed by atoms with Gasteiger partial charge < -0.3 is 20.7 Å². The highest BCUT2D eigenvalue weighted by Crippen LogP contribution is 2.30. The molecule has 4 aromatic rings. The van der Waals surface area contributed by atoms with Crippen molar-refractivity contribution in [3.05, 3.63) is 35.5 Å². The lowest BCUT2D eigenvalue weighted by atomic mass is 10.1. The van der Waals surface area contributed by atoms with Gasteiger partial charge in [0.15, 0.2) is 5.65 Å². The van der Waals surface area contributed by atoms with Crippen molar-refractivity contribution >= 4 is 39.9 Å². The highest BCUT2D eigenvalue weighted by molar-refractivity contribution is 6.00. The predicted molar refractivity (Wildman–Crippen MR) is 118 cm³/mol. The molecule has 32 heavy (non-hydrogen) atoms. The number of anilines is 3. The van der Waals surface area contributed by atoms with Crippen LogP contribution in [0.15, 0.2) is 24.4 Å². The maximum Gasteiger partial charge on any atom is 0.257 e. The number of nitrogens with one attached hydrogen (secondary N) is 3. The van der Waals surface area contributed by atoms with Gasteiger partial charge in [-0.15, -0.1) is 0 Å². The molecule has 3 aromatic heterocycles. The van der Waals surface area contributed by atoms with Crippen LogP contribution >= 0.6 is 0 Å². The van der Waals surface area contributed by atoms with E-state index in [9.17, 15) is 4.79 Å². The van der Waals surface area contributed by atoms with Crippen LogP contribution in [0.3, 0.4) is 0 Å². The molecule has 6 rings (SSSR count). The SMILES string of the molecule is CNc1cc2nc3c(cnn13)C(=O)N[C@@H]1CCC[C@H]1OCc1cc(c3nn(C)nc3c1)N2. The zero-order valence-corrected chi connectivity index (χ0v) is 17.8. The Labute approximate surface area is 183 Å². The molecular weight excluding hydrogens is 410 g/mol. The Kier molecular flexibility index (Phi) is 4.25. The van der Waals surface area contributed by atoms with Crippen molar-refractivity contribution in [1.82, 2.24) is 34.9 Å². The summed E-state index contributed by atoms with van der Waals surface area (Å²) in [6.07, 6.45) is 4.30. The summed E-state index contributed by atoms with van der Waals surface area (Å²) in [5.41, 5.74) is 4.16. The molecule has 0 saturated heterocycles. The van der Waals surface area contributed by atoms with Crippen LogP contribution in [0.25, 0.3) is 16.7 Å². The molecule has 1 aliphatic carbocycles. The number of benzene rings is 1. The van der Waals surface area contributed by atoms with Gasteiger partial charge in [-0.2, -0.15) is 24.6 Å². The number of aryl methyl sites for hydroxylation is 1. The van der Waals surface area contributed by atoms with Crippen LogP contribution in [0, 0.1) is 0 Å². The molecule has 0 unspecified atom stereocenters. The first-order valence-corrected chi connectivity index (χ1v) is 10.7. The van der Waals surface area contributed by atoms with Gasteiger partial charge in [0.1, 0.15) is 28.2 Å². The van der Waals surface area contributed by atoms with Gasteiger partial charge >= 0.3 is 0 Å². The van der Waals surface area contributed by atoms with Gasteiger partial charge in [-0.1, -0.05) is 0 Å². The number of hydrogen-bond donors (Lipinski definition) is 3. The minimum atomic E-state index is -0.195. The fourth-order valence-electron chi connectivity index (χ4n) is 4.60. The Morgan fingerprint density at radius 1 is 1.22 bits per heavy atom. The summed E-state index contributed by atoms with van der Waals surface area (Å²) in [4.78, 5) is 19.4. The van der Waals surface area contributed by atoms with Crippen molar-refractivity contribution in [3.63, 3.8) is 0 Å². The zero-order chi connectivity index (χ0) is 21.8. The molecule has 1 aliphatic heterocycles. The normalized spacial score (nSPS) is 20.8. The van der Waals surface area contributed by atoms with Crippen LogP contribution in [0.4, 0.5) is 17.3 Å². The number of aromatic nitrogens is 6. The summed E-state index contributed by atoms with van der Waals surface area (Å²) in [5.74, 6) is 1.08. The minimum Gasteiger partial charge on any atom is -0.373 e. The molecule has 4 heterocycles. The van der Waals surface area contributed by atoms with E-state index in [1.807, 2.05) is 18.2 Å². The fourth-order valence-corrected chi connectivity index (χ4v) is 4.60. The Bertz CT molecular complexity index is 1360. The molecule has 0 radical (unpaired) electrons. The molecule has 1 fully saturated rings. The molecule has 11 heteroatoms. The van der Waals surface area contributed by atoms with Gasteiger partial charge in [0.2, 0.25) is 0 Å². The van der Waals surface area contributed by atoms with Crippen molar-refractivity contribution in [2.24, 2.45) is 7.05 Å². The summed E-state index contributed by atoms with van der Waals surface area (Å²) in [7, 11) is 3.60. The number of ether oxygens (including phenoxy) is 1. The molecule has 164 valence electrons. The lowest BCUT2D eigenvalue weighted by Crippen LogP contribution is -2.41. The van der Waals surface area contributed by atoms with Crippen molar-refractivity contribution in [3.8, 4) is 0 Å². The zero-order valence-electron chi connectivity index (χ0n) is 17.8. The average molecular weight is 433 g/mol. The molecule has 3 N–H and O–H groups in total.